The number of carbonyl (C=O) groups excluding carboxylic acids is 2. The van der Waals surface area contributed by atoms with E-state index in [4.69, 9.17) is 14.2 Å². The van der Waals surface area contributed by atoms with Crippen LogP contribution >= 0.6 is 0 Å². The number of hydrogen-bond donors (Lipinski definition) is 1. The van der Waals surface area contributed by atoms with Crippen LogP contribution in [0.2, 0.25) is 0 Å². The molecule has 0 saturated carbocycles. The van der Waals surface area contributed by atoms with Crippen LogP contribution in [-0.2, 0) is 14.3 Å². The van der Waals surface area contributed by atoms with Gasteiger partial charge >= 0.3 is 12.1 Å². The van der Waals surface area contributed by atoms with Gasteiger partial charge in [0, 0.05) is 11.6 Å². The third kappa shape index (κ3) is 9.84. The Morgan fingerprint density at radius 1 is 1.28 bits per heavy atom. The highest BCUT2D eigenvalue weighted by atomic mass is 16.6. The molecule has 6 nitrogen and oxygen atoms in total. The van der Waals surface area contributed by atoms with Crippen LogP contribution < -0.4 is 10.1 Å². The summed E-state index contributed by atoms with van der Waals surface area (Å²) in [6, 6.07) is 6.81. The molecule has 0 radical (unpaired) electrons. The molecular weight excluding hydrogens is 322 g/mol. The Bertz CT molecular complexity index is 625. The Morgan fingerprint density at radius 3 is 2.64 bits per heavy atom. The van der Waals surface area contributed by atoms with E-state index in [1.807, 2.05) is 0 Å². The Labute approximate surface area is 148 Å². The van der Waals surface area contributed by atoms with Crippen molar-refractivity contribution in [1.29, 1.82) is 0 Å². The van der Waals surface area contributed by atoms with Crippen LogP contribution in [0.25, 0.3) is 0 Å². The second-order valence-corrected chi connectivity index (χ2v) is 5.42. The molecule has 25 heavy (non-hydrogen) atoms. The monoisotopic (exact) mass is 345 g/mol. The van der Waals surface area contributed by atoms with E-state index in [0.29, 0.717) is 24.9 Å². The fraction of sp³-hybridized carbons (Fsp3) is 0.368. The van der Waals surface area contributed by atoms with E-state index in [2.05, 4.69) is 37.6 Å². The molecule has 0 bridgehead atoms. The molecule has 0 aliphatic heterocycles. The van der Waals surface area contributed by atoms with Gasteiger partial charge in [0.2, 0.25) is 0 Å². The Kier molecular flexibility index (Phi) is 9.49. The molecule has 0 unspecified atom stereocenters. The third-order valence-corrected chi connectivity index (χ3v) is 2.71. The lowest BCUT2D eigenvalue weighted by molar-refractivity contribution is -0.137. The number of nitrogens with one attached hydrogen (secondary N) is 1. The number of ether oxygens (including phenoxy) is 3. The molecule has 1 amide bonds. The largest absolute Gasteiger partial charge is 0.461 e. The van der Waals surface area contributed by atoms with Gasteiger partial charge in [0.05, 0.1) is 13.2 Å². The highest BCUT2D eigenvalue weighted by molar-refractivity contribution is 5.81. The second kappa shape index (κ2) is 11.7. The third-order valence-electron chi connectivity index (χ3n) is 2.71. The van der Waals surface area contributed by atoms with Crippen molar-refractivity contribution in [1.82, 2.24) is 5.32 Å². The number of amides is 1. The highest BCUT2D eigenvalue weighted by Gasteiger charge is 2.04. The lowest BCUT2D eigenvalue weighted by Gasteiger charge is -2.06. The minimum atomic E-state index is -0.629. The number of carbonyl (C=O) groups is 2. The van der Waals surface area contributed by atoms with Gasteiger partial charge in [0.15, 0.2) is 0 Å². The van der Waals surface area contributed by atoms with E-state index in [0.717, 1.165) is 11.6 Å². The number of rotatable bonds is 8. The maximum absolute atomic E-state index is 11.6. The number of hydrogen-bond acceptors (Lipinski definition) is 5. The summed E-state index contributed by atoms with van der Waals surface area (Å²) in [5, 5.41) is 2.47. The molecule has 0 aromatic heterocycles. The molecule has 0 aliphatic carbocycles. The average molecular weight is 345 g/mol. The van der Waals surface area contributed by atoms with Gasteiger partial charge in [-0.15, -0.1) is 0 Å². The van der Waals surface area contributed by atoms with E-state index < -0.39 is 12.1 Å². The maximum atomic E-state index is 11.6. The first kappa shape index (κ1) is 20.3. The van der Waals surface area contributed by atoms with Crippen molar-refractivity contribution < 1.29 is 23.8 Å². The fourth-order valence-electron chi connectivity index (χ4n) is 1.60. The van der Waals surface area contributed by atoms with E-state index in [9.17, 15) is 9.59 Å². The van der Waals surface area contributed by atoms with Crippen molar-refractivity contribution in [2.24, 2.45) is 5.92 Å². The molecular formula is C19H23NO5. The van der Waals surface area contributed by atoms with Crippen molar-refractivity contribution in [3.8, 4) is 17.6 Å². The first-order valence-corrected chi connectivity index (χ1v) is 7.92. The standard InChI is InChI=1S/C19H23NO5/c1-4-18(21)24-13-11-20-19(22)25-17-9-7-16(8-10-17)6-5-12-23-14-15(2)3/h4,7-10,15H,1,11-14H2,2-3H3,(H,20,22). The molecule has 1 N–H and O–H groups in total. The van der Waals surface area contributed by atoms with Gasteiger partial charge in [-0.05, 0) is 30.2 Å². The van der Waals surface area contributed by atoms with E-state index in [1.165, 1.54) is 0 Å². The van der Waals surface area contributed by atoms with Crippen LogP contribution in [-0.4, -0.2) is 38.4 Å². The van der Waals surface area contributed by atoms with Crippen LogP contribution in [0.5, 0.6) is 5.75 Å². The van der Waals surface area contributed by atoms with Crippen LogP contribution in [0, 0.1) is 17.8 Å². The zero-order valence-corrected chi connectivity index (χ0v) is 14.5. The zero-order chi connectivity index (χ0) is 18.5. The molecule has 1 aromatic carbocycles. The number of benzene rings is 1. The molecule has 134 valence electrons. The van der Waals surface area contributed by atoms with Gasteiger partial charge in [-0.1, -0.05) is 32.3 Å². The van der Waals surface area contributed by atoms with Gasteiger partial charge in [-0.3, -0.25) is 0 Å². The molecule has 0 heterocycles. The lowest BCUT2D eigenvalue weighted by atomic mass is 10.2. The summed E-state index contributed by atoms with van der Waals surface area (Å²) in [5.41, 5.74) is 0.803. The van der Waals surface area contributed by atoms with Gasteiger partial charge in [0.1, 0.15) is 19.0 Å². The van der Waals surface area contributed by atoms with Crippen LogP contribution in [0.15, 0.2) is 36.9 Å². The summed E-state index contributed by atoms with van der Waals surface area (Å²) in [5.74, 6) is 6.23. The zero-order valence-electron chi connectivity index (χ0n) is 14.5. The van der Waals surface area contributed by atoms with Gasteiger partial charge in [-0.25, -0.2) is 9.59 Å². The van der Waals surface area contributed by atoms with E-state index in [-0.39, 0.29) is 13.2 Å². The Hall–Kier alpha value is -2.78. The SMILES string of the molecule is C=CC(=O)OCCNC(=O)Oc1ccc(C#CCOCC(C)C)cc1. The van der Waals surface area contributed by atoms with Crippen LogP contribution in [0.3, 0.4) is 0 Å². The summed E-state index contributed by atoms with van der Waals surface area (Å²) in [7, 11) is 0. The van der Waals surface area contributed by atoms with E-state index in [1.54, 1.807) is 24.3 Å². The first-order valence-electron chi connectivity index (χ1n) is 7.92. The average Bonchev–Trinajstić information content (AvgIpc) is 2.59. The molecule has 1 aromatic rings. The van der Waals surface area contributed by atoms with Crippen LogP contribution in [0.1, 0.15) is 19.4 Å². The maximum Gasteiger partial charge on any atom is 0.412 e. The van der Waals surface area contributed by atoms with Crippen molar-refractivity contribution >= 4 is 12.1 Å². The smallest absolute Gasteiger partial charge is 0.412 e. The predicted octanol–water partition coefficient (Wildman–Crippen LogP) is 2.53. The Balaban J connectivity index is 2.31. The predicted molar refractivity (Wildman–Crippen MR) is 94.2 cm³/mol. The van der Waals surface area contributed by atoms with Crippen molar-refractivity contribution in [3.63, 3.8) is 0 Å². The summed E-state index contributed by atoms with van der Waals surface area (Å²) in [4.78, 5) is 22.4. The fourth-order valence-corrected chi connectivity index (χ4v) is 1.60. The number of esters is 1. The molecule has 0 fully saturated rings. The minimum absolute atomic E-state index is 0.0490. The molecule has 0 spiro atoms. The molecule has 1 rings (SSSR count). The Morgan fingerprint density at radius 2 is 2.00 bits per heavy atom. The second-order valence-electron chi connectivity index (χ2n) is 5.42. The summed E-state index contributed by atoms with van der Waals surface area (Å²) >= 11 is 0. The van der Waals surface area contributed by atoms with Crippen molar-refractivity contribution in [3.05, 3.63) is 42.5 Å². The first-order chi connectivity index (χ1) is 12.0. The minimum Gasteiger partial charge on any atom is -0.461 e. The quantitative estimate of drug-likeness (QED) is 0.339. The lowest BCUT2D eigenvalue weighted by Crippen LogP contribution is -2.30. The van der Waals surface area contributed by atoms with Gasteiger partial charge in [-0.2, -0.15) is 0 Å². The van der Waals surface area contributed by atoms with E-state index >= 15 is 0 Å². The molecule has 6 heteroatoms. The summed E-state index contributed by atoms with van der Waals surface area (Å²) < 4.78 is 15.2. The van der Waals surface area contributed by atoms with Gasteiger partial charge in [0.25, 0.3) is 0 Å². The van der Waals surface area contributed by atoms with Crippen molar-refractivity contribution in [2.45, 2.75) is 13.8 Å². The highest BCUT2D eigenvalue weighted by Crippen LogP contribution is 2.11. The van der Waals surface area contributed by atoms with Crippen molar-refractivity contribution in [2.75, 3.05) is 26.4 Å². The van der Waals surface area contributed by atoms with Gasteiger partial charge < -0.3 is 19.5 Å². The topological polar surface area (TPSA) is 73.9 Å². The normalized spacial score (nSPS) is 9.72. The summed E-state index contributed by atoms with van der Waals surface area (Å²) in [6.45, 7) is 8.70. The molecule has 0 saturated heterocycles. The molecule has 0 aliphatic rings. The molecule has 0 atom stereocenters. The van der Waals surface area contributed by atoms with Crippen LogP contribution in [0.4, 0.5) is 4.79 Å². The summed E-state index contributed by atoms with van der Waals surface area (Å²) in [6.07, 6.45) is 0.426.